The zero-order valence-electron chi connectivity index (χ0n) is 12.7. The molecule has 0 aromatic heterocycles. The third kappa shape index (κ3) is 2.40. The second-order valence-electron chi connectivity index (χ2n) is 5.68. The highest BCUT2D eigenvalue weighted by Crippen LogP contribution is 2.49. The molecular weight excluding hydrogens is 280 g/mol. The highest BCUT2D eigenvalue weighted by Gasteiger charge is 2.50. The SMILES string of the molecule is CC(=O)O/C(C)=C1\CO[C@@]2(c3ccccc3)C=CC(=O)C[C@@H]12. The van der Waals surface area contributed by atoms with E-state index in [-0.39, 0.29) is 17.7 Å². The van der Waals surface area contributed by atoms with E-state index in [9.17, 15) is 9.59 Å². The van der Waals surface area contributed by atoms with E-state index in [1.54, 1.807) is 13.0 Å². The fourth-order valence-electron chi connectivity index (χ4n) is 3.29. The fourth-order valence-corrected chi connectivity index (χ4v) is 3.29. The largest absolute Gasteiger partial charge is 0.432 e. The summed E-state index contributed by atoms with van der Waals surface area (Å²) in [6.07, 6.45) is 3.79. The minimum absolute atomic E-state index is 0.0650. The minimum Gasteiger partial charge on any atom is -0.432 e. The van der Waals surface area contributed by atoms with Crippen molar-refractivity contribution >= 4 is 11.8 Å². The standard InChI is InChI=1S/C18H18O4/c1-12(22-13(2)19)16-11-21-18(14-6-4-3-5-7-14)9-8-15(20)10-17(16)18/h3-9,17H,10-11H2,1-2H3/b16-12+/t17-,18+/m0/s1. The number of hydrogen-bond acceptors (Lipinski definition) is 4. The van der Waals surface area contributed by atoms with Gasteiger partial charge in [0.2, 0.25) is 0 Å². The van der Waals surface area contributed by atoms with Gasteiger partial charge >= 0.3 is 5.97 Å². The molecule has 1 aliphatic carbocycles. The lowest BCUT2D eigenvalue weighted by molar-refractivity contribution is -0.136. The van der Waals surface area contributed by atoms with E-state index in [1.165, 1.54) is 6.92 Å². The number of fused-ring (bicyclic) bond motifs is 1. The quantitative estimate of drug-likeness (QED) is 0.622. The smallest absolute Gasteiger partial charge is 0.307 e. The number of ether oxygens (including phenoxy) is 2. The molecule has 1 aromatic rings. The van der Waals surface area contributed by atoms with Crippen LogP contribution in [-0.2, 0) is 24.7 Å². The highest BCUT2D eigenvalue weighted by atomic mass is 16.5. The molecule has 4 heteroatoms. The molecule has 0 unspecified atom stereocenters. The van der Waals surface area contributed by atoms with Gasteiger partial charge in [-0.2, -0.15) is 0 Å². The van der Waals surface area contributed by atoms with Crippen molar-refractivity contribution in [1.82, 2.24) is 0 Å². The lowest BCUT2D eigenvalue weighted by atomic mass is 9.73. The van der Waals surface area contributed by atoms with Gasteiger partial charge in [0.15, 0.2) is 5.78 Å². The predicted molar refractivity (Wildman–Crippen MR) is 80.8 cm³/mol. The number of hydrogen-bond donors (Lipinski definition) is 0. The first-order chi connectivity index (χ1) is 10.5. The molecule has 1 aromatic carbocycles. The Morgan fingerprint density at radius 1 is 1.27 bits per heavy atom. The lowest BCUT2D eigenvalue weighted by Crippen LogP contribution is -2.35. The number of esters is 1. The molecule has 0 bridgehead atoms. The number of rotatable bonds is 2. The second-order valence-corrected chi connectivity index (χ2v) is 5.68. The van der Waals surface area contributed by atoms with E-state index < -0.39 is 5.60 Å². The molecule has 2 aliphatic rings. The molecule has 0 radical (unpaired) electrons. The van der Waals surface area contributed by atoms with Gasteiger partial charge in [0.05, 0.1) is 6.61 Å². The summed E-state index contributed by atoms with van der Waals surface area (Å²) < 4.78 is 11.3. The summed E-state index contributed by atoms with van der Waals surface area (Å²) in [5.74, 6) is 0.111. The average Bonchev–Trinajstić information content (AvgIpc) is 2.87. The molecule has 1 aliphatic heterocycles. The maximum absolute atomic E-state index is 11.9. The molecule has 2 atom stereocenters. The summed E-state index contributed by atoms with van der Waals surface area (Å²) in [4.78, 5) is 23.1. The van der Waals surface area contributed by atoms with Crippen LogP contribution in [0.15, 0.2) is 53.8 Å². The zero-order valence-corrected chi connectivity index (χ0v) is 12.7. The van der Waals surface area contributed by atoms with Crippen LogP contribution in [0.4, 0.5) is 0 Å². The average molecular weight is 298 g/mol. The van der Waals surface area contributed by atoms with Gasteiger partial charge in [-0.05, 0) is 24.6 Å². The van der Waals surface area contributed by atoms with E-state index in [1.807, 2.05) is 36.4 Å². The molecular formula is C18H18O4. The number of allylic oxidation sites excluding steroid dienone is 2. The van der Waals surface area contributed by atoms with E-state index >= 15 is 0 Å². The molecule has 0 spiro atoms. The van der Waals surface area contributed by atoms with Crippen LogP contribution in [-0.4, -0.2) is 18.4 Å². The van der Waals surface area contributed by atoms with E-state index in [2.05, 4.69) is 0 Å². The summed E-state index contributed by atoms with van der Waals surface area (Å²) in [6, 6.07) is 9.85. The van der Waals surface area contributed by atoms with Gasteiger partial charge in [-0.3, -0.25) is 9.59 Å². The van der Waals surface area contributed by atoms with Gasteiger partial charge in [-0.1, -0.05) is 30.3 Å². The Bertz CT molecular complexity index is 672. The van der Waals surface area contributed by atoms with Crippen molar-refractivity contribution in [2.75, 3.05) is 6.61 Å². The molecule has 1 fully saturated rings. The van der Waals surface area contributed by atoms with E-state index in [0.29, 0.717) is 18.8 Å². The van der Waals surface area contributed by atoms with Gasteiger partial charge in [0.1, 0.15) is 11.4 Å². The summed E-state index contributed by atoms with van der Waals surface area (Å²) >= 11 is 0. The third-order valence-electron chi connectivity index (χ3n) is 4.30. The first-order valence-electron chi connectivity index (χ1n) is 7.32. The van der Waals surface area contributed by atoms with E-state index in [0.717, 1.165) is 11.1 Å². The Morgan fingerprint density at radius 2 is 2.00 bits per heavy atom. The van der Waals surface area contributed by atoms with Crippen LogP contribution in [0.5, 0.6) is 0 Å². The van der Waals surface area contributed by atoms with Gasteiger partial charge in [-0.15, -0.1) is 0 Å². The summed E-state index contributed by atoms with van der Waals surface area (Å²) in [7, 11) is 0. The van der Waals surface area contributed by atoms with Crippen LogP contribution < -0.4 is 0 Å². The Labute approximate surface area is 129 Å². The van der Waals surface area contributed by atoms with Crippen LogP contribution in [0.25, 0.3) is 0 Å². The number of benzene rings is 1. The molecule has 0 N–H and O–H groups in total. The van der Waals surface area contributed by atoms with Crippen molar-refractivity contribution in [2.45, 2.75) is 25.9 Å². The van der Waals surface area contributed by atoms with Crippen LogP contribution in [0.3, 0.4) is 0 Å². The van der Waals surface area contributed by atoms with Crippen LogP contribution >= 0.6 is 0 Å². The number of carbonyl (C=O) groups excluding carboxylic acids is 2. The molecule has 22 heavy (non-hydrogen) atoms. The Kier molecular flexibility index (Phi) is 3.71. The third-order valence-corrected chi connectivity index (χ3v) is 4.30. The van der Waals surface area contributed by atoms with Crippen molar-refractivity contribution in [3.05, 3.63) is 59.4 Å². The van der Waals surface area contributed by atoms with Gasteiger partial charge in [0.25, 0.3) is 0 Å². The first-order valence-corrected chi connectivity index (χ1v) is 7.32. The number of carbonyl (C=O) groups is 2. The van der Waals surface area contributed by atoms with Crippen molar-refractivity contribution < 1.29 is 19.1 Å². The molecule has 114 valence electrons. The summed E-state index contributed by atoms with van der Waals surface area (Å²) in [6.45, 7) is 3.48. The molecule has 1 saturated heterocycles. The molecule has 0 amide bonds. The predicted octanol–water partition coefficient (Wildman–Crippen LogP) is 2.89. The summed E-state index contributed by atoms with van der Waals surface area (Å²) in [5, 5.41) is 0. The van der Waals surface area contributed by atoms with Gasteiger partial charge in [-0.25, -0.2) is 0 Å². The highest BCUT2D eigenvalue weighted by molar-refractivity contribution is 5.91. The lowest BCUT2D eigenvalue weighted by Gasteiger charge is -2.34. The van der Waals surface area contributed by atoms with Crippen molar-refractivity contribution in [3.8, 4) is 0 Å². The van der Waals surface area contributed by atoms with Crippen LogP contribution in [0.2, 0.25) is 0 Å². The Balaban J connectivity index is 2.08. The second kappa shape index (κ2) is 5.54. The van der Waals surface area contributed by atoms with Crippen molar-refractivity contribution in [3.63, 3.8) is 0 Å². The normalized spacial score (nSPS) is 29.2. The zero-order chi connectivity index (χ0) is 15.7. The molecule has 1 heterocycles. The van der Waals surface area contributed by atoms with Crippen molar-refractivity contribution in [1.29, 1.82) is 0 Å². The fraction of sp³-hybridized carbons (Fsp3) is 0.333. The monoisotopic (exact) mass is 298 g/mol. The molecule has 0 saturated carbocycles. The Hall–Kier alpha value is -2.20. The van der Waals surface area contributed by atoms with Gasteiger partial charge < -0.3 is 9.47 Å². The van der Waals surface area contributed by atoms with Crippen LogP contribution in [0, 0.1) is 5.92 Å². The molecule has 3 rings (SSSR count). The number of ketones is 1. The maximum Gasteiger partial charge on any atom is 0.307 e. The van der Waals surface area contributed by atoms with Crippen molar-refractivity contribution in [2.24, 2.45) is 5.92 Å². The minimum atomic E-state index is -0.647. The summed E-state index contributed by atoms with van der Waals surface area (Å²) in [5.41, 5.74) is 1.25. The topological polar surface area (TPSA) is 52.6 Å². The Morgan fingerprint density at radius 3 is 2.68 bits per heavy atom. The van der Waals surface area contributed by atoms with Crippen LogP contribution in [0.1, 0.15) is 25.8 Å². The first kappa shape index (κ1) is 14.7. The van der Waals surface area contributed by atoms with Gasteiger partial charge in [0, 0.05) is 24.8 Å². The maximum atomic E-state index is 11.9. The van der Waals surface area contributed by atoms with E-state index in [4.69, 9.17) is 9.47 Å². The molecule has 4 nitrogen and oxygen atoms in total.